The molecule has 1 aromatic heterocycles. The third-order valence-electron chi connectivity index (χ3n) is 2.51. The van der Waals surface area contributed by atoms with Crippen molar-refractivity contribution < 1.29 is 13.2 Å². The first-order valence-corrected chi connectivity index (χ1v) is 5.07. The number of hydrogen-bond acceptors (Lipinski definition) is 3. The molecule has 3 nitrogen and oxygen atoms in total. The van der Waals surface area contributed by atoms with Crippen LogP contribution in [0, 0.1) is 0 Å². The molecular weight excluding hydrogens is 290 g/mol. The van der Waals surface area contributed by atoms with Gasteiger partial charge < -0.3 is 10.2 Å². The fraction of sp³-hybridized carbons (Fsp3) is 0.500. The molecule has 0 aliphatic carbocycles. The van der Waals surface area contributed by atoms with Gasteiger partial charge in [-0.2, -0.15) is 13.2 Å². The monoisotopic (exact) mass is 303 g/mol. The lowest BCUT2D eigenvalue weighted by Gasteiger charge is -2.30. The SMILES string of the molecule is Cl.Cl.FC(F)(F)c1ncccc1N1CCNCC1. The number of anilines is 1. The van der Waals surface area contributed by atoms with Gasteiger partial charge >= 0.3 is 6.18 Å². The maximum atomic E-state index is 12.7. The highest BCUT2D eigenvalue weighted by Gasteiger charge is 2.36. The zero-order chi connectivity index (χ0) is 11.6. The number of nitrogens with zero attached hydrogens (tertiary/aromatic N) is 2. The molecule has 2 rings (SSSR count). The average molecular weight is 304 g/mol. The molecule has 1 N–H and O–H groups in total. The average Bonchev–Trinajstić information content (AvgIpc) is 2.29. The normalized spacial score (nSPS) is 15.6. The summed E-state index contributed by atoms with van der Waals surface area (Å²) < 4.78 is 38.1. The summed E-state index contributed by atoms with van der Waals surface area (Å²) in [5, 5.41) is 3.10. The lowest BCUT2D eigenvalue weighted by molar-refractivity contribution is -0.140. The van der Waals surface area contributed by atoms with Crippen molar-refractivity contribution in [2.45, 2.75) is 6.18 Å². The van der Waals surface area contributed by atoms with Gasteiger partial charge in [-0.1, -0.05) is 0 Å². The molecule has 1 aliphatic rings. The van der Waals surface area contributed by atoms with Crippen molar-refractivity contribution >= 4 is 30.5 Å². The molecule has 18 heavy (non-hydrogen) atoms. The first kappa shape index (κ1) is 17.3. The highest BCUT2D eigenvalue weighted by Crippen LogP contribution is 2.34. The molecule has 0 bridgehead atoms. The molecule has 1 aliphatic heterocycles. The molecule has 104 valence electrons. The summed E-state index contributed by atoms with van der Waals surface area (Å²) in [5.41, 5.74) is -0.617. The molecule has 2 heterocycles. The summed E-state index contributed by atoms with van der Waals surface area (Å²) in [5.74, 6) is 0. The Balaban J connectivity index is 0.00000144. The topological polar surface area (TPSA) is 28.2 Å². The summed E-state index contributed by atoms with van der Waals surface area (Å²) in [6, 6.07) is 3.01. The van der Waals surface area contributed by atoms with E-state index < -0.39 is 11.9 Å². The molecule has 1 saturated heterocycles. The molecule has 1 aromatic rings. The van der Waals surface area contributed by atoms with E-state index in [1.54, 1.807) is 4.90 Å². The number of alkyl halides is 3. The zero-order valence-corrected chi connectivity index (χ0v) is 11.0. The number of pyridine rings is 1. The predicted octanol–water partition coefficient (Wildman–Crippen LogP) is 2.35. The Morgan fingerprint density at radius 3 is 2.33 bits per heavy atom. The van der Waals surface area contributed by atoms with Crippen molar-refractivity contribution in [2.24, 2.45) is 0 Å². The van der Waals surface area contributed by atoms with E-state index in [0.717, 1.165) is 0 Å². The van der Waals surface area contributed by atoms with Crippen LogP contribution in [0.25, 0.3) is 0 Å². The first-order chi connectivity index (χ1) is 7.59. The van der Waals surface area contributed by atoms with Crippen LogP contribution in [0.5, 0.6) is 0 Å². The minimum absolute atomic E-state index is 0. The standard InChI is InChI=1S/C10H12F3N3.2ClH/c11-10(12,13)9-8(2-1-3-15-9)16-6-4-14-5-7-16;;/h1-3,14H,4-7H2;2*1H. The van der Waals surface area contributed by atoms with Crippen LogP contribution in [-0.2, 0) is 6.18 Å². The van der Waals surface area contributed by atoms with E-state index in [2.05, 4.69) is 10.3 Å². The van der Waals surface area contributed by atoms with Crippen LogP contribution in [0.1, 0.15) is 5.69 Å². The second-order valence-electron chi connectivity index (χ2n) is 3.61. The summed E-state index contributed by atoms with van der Waals surface area (Å²) >= 11 is 0. The summed E-state index contributed by atoms with van der Waals surface area (Å²) in [4.78, 5) is 5.15. The Morgan fingerprint density at radius 2 is 1.78 bits per heavy atom. The molecule has 0 unspecified atom stereocenters. The van der Waals surface area contributed by atoms with Crippen LogP contribution < -0.4 is 10.2 Å². The van der Waals surface area contributed by atoms with E-state index in [0.29, 0.717) is 26.2 Å². The van der Waals surface area contributed by atoms with Gasteiger partial charge in [-0.25, -0.2) is 4.98 Å². The zero-order valence-electron chi connectivity index (χ0n) is 9.41. The van der Waals surface area contributed by atoms with Gasteiger partial charge in [0.25, 0.3) is 0 Å². The van der Waals surface area contributed by atoms with Crippen molar-refractivity contribution in [1.29, 1.82) is 0 Å². The van der Waals surface area contributed by atoms with E-state index in [1.807, 2.05) is 0 Å². The molecule has 0 radical (unpaired) electrons. The summed E-state index contributed by atoms with van der Waals surface area (Å²) in [7, 11) is 0. The van der Waals surface area contributed by atoms with E-state index >= 15 is 0 Å². The fourth-order valence-electron chi connectivity index (χ4n) is 1.78. The van der Waals surface area contributed by atoms with Crippen LogP contribution in [0.4, 0.5) is 18.9 Å². The van der Waals surface area contributed by atoms with Crippen LogP contribution in [0.3, 0.4) is 0 Å². The van der Waals surface area contributed by atoms with Gasteiger partial charge in [0.05, 0.1) is 5.69 Å². The van der Waals surface area contributed by atoms with Crippen LogP contribution in [-0.4, -0.2) is 31.2 Å². The van der Waals surface area contributed by atoms with Crippen LogP contribution in [0.15, 0.2) is 18.3 Å². The fourth-order valence-corrected chi connectivity index (χ4v) is 1.78. The maximum Gasteiger partial charge on any atom is 0.435 e. The Bertz CT molecular complexity index is 368. The number of nitrogens with one attached hydrogen (secondary N) is 1. The van der Waals surface area contributed by atoms with Crippen molar-refractivity contribution in [3.05, 3.63) is 24.0 Å². The smallest absolute Gasteiger partial charge is 0.367 e. The predicted molar refractivity (Wildman–Crippen MR) is 68.8 cm³/mol. The minimum Gasteiger partial charge on any atom is -0.367 e. The van der Waals surface area contributed by atoms with Gasteiger partial charge in [-0.05, 0) is 12.1 Å². The number of hydrogen-bond donors (Lipinski definition) is 1. The summed E-state index contributed by atoms with van der Waals surface area (Å²) in [6.45, 7) is 2.56. The molecule has 0 amide bonds. The molecule has 0 saturated carbocycles. The number of aromatic nitrogens is 1. The van der Waals surface area contributed by atoms with Crippen molar-refractivity contribution in [3.63, 3.8) is 0 Å². The largest absolute Gasteiger partial charge is 0.435 e. The van der Waals surface area contributed by atoms with Gasteiger partial charge in [-0.15, -0.1) is 24.8 Å². The Morgan fingerprint density at radius 1 is 1.17 bits per heavy atom. The van der Waals surface area contributed by atoms with Gasteiger partial charge in [0.15, 0.2) is 5.69 Å². The van der Waals surface area contributed by atoms with Crippen molar-refractivity contribution in [1.82, 2.24) is 10.3 Å². The molecule has 8 heteroatoms. The van der Waals surface area contributed by atoms with E-state index in [-0.39, 0.29) is 30.5 Å². The third-order valence-corrected chi connectivity index (χ3v) is 2.51. The Kier molecular flexibility index (Phi) is 6.73. The molecule has 0 spiro atoms. The lowest BCUT2D eigenvalue weighted by atomic mass is 10.2. The maximum absolute atomic E-state index is 12.7. The van der Waals surface area contributed by atoms with E-state index in [9.17, 15) is 13.2 Å². The van der Waals surface area contributed by atoms with Gasteiger partial charge in [0, 0.05) is 32.4 Å². The number of halogens is 5. The Hall–Kier alpha value is -0.720. The summed E-state index contributed by atoms with van der Waals surface area (Å²) in [6.07, 6.45) is -3.21. The number of rotatable bonds is 1. The molecule has 0 aromatic carbocycles. The second-order valence-corrected chi connectivity index (χ2v) is 3.61. The second kappa shape index (κ2) is 7.01. The minimum atomic E-state index is -4.39. The highest BCUT2D eigenvalue weighted by molar-refractivity contribution is 5.85. The van der Waals surface area contributed by atoms with Crippen LogP contribution >= 0.6 is 24.8 Å². The van der Waals surface area contributed by atoms with Crippen molar-refractivity contribution in [2.75, 3.05) is 31.1 Å². The van der Waals surface area contributed by atoms with E-state index in [1.165, 1.54) is 18.3 Å². The molecular formula is C10H14Cl2F3N3. The quantitative estimate of drug-likeness (QED) is 0.863. The first-order valence-electron chi connectivity index (χ1n) is 5.07. The van der Waals surface area contributed by atoms with E-state index in [4.69, 9.17) is 0 Å². The third kappa shape index (κ3) is 3.90. The van der Waals surface area contributed by atoms with Crippen LogP contribution in [0.2, 0.25) is 0 Å². The Labute approximate surface area is 116 Å². The van der Waals surface area contributed by atoms with Crippen molar-refractivity contribution in [3.8, 4) is 0 Å². The molecule has 1 fully saturated rings. The molecule has 0 atom stereocenters. The lowest BCUT2D eigenvalue weighted by Crippen LogP contribution is -2.44. The van der Waals surface area contributed by atoms with Gasteiger partial charge in [0.1, 0.15) is 0 Å². The van der Waals surface area contributed by atoms with Gasteiger partial charge in [0.2, 0.25) is 0 Å². The highest BCUT2D eigenvalue weighted by atomic mass is 35.5. The van der Waals surface area contributed by atoms with Gasteiger partial charge in [-0.3, -0.25) is 0 Å². The number of piperazine rings is 1.